The maximum atomic E-state index is 11.6. The first kappa shape index (κ1) is 14.6. The van der Waals surface area contributed by atoms with E-state index in [0.717, 1.165) is 27.8 Å². The van der Waals surface area contributed by atoms with Crippen LogP contribution in [-0.4, -0.2) is 11.1 Å². The average molecular weight is 300 g/mol. The van der Waals surface area contributed by atoms with Crippen LogP contribution in [0.3, 0.4) is 0 Å². The standard InChI is InChI=1S/C19H12N2O2/c1-11-14-4-2-3-5-15(14)18-16(19(22)23)7-6-13(17(11)18)8-12(9-20)10-21/h2-7,12H,1,8H2,(H,22,23). The van der Waals surface area contributed by atoms with Crippen molar-refractivity contribution in [1.29, 1.82) is 10.5 Å². The van der Waals surface area contributed by atoms with Gasteiger partial charge >= 0.3 is 5.97 Å². The topological polar surface area (TPSA) is 84.9 Å². The molecule has 1 N–H and O–H groups in total. The lowest BCUT2D eigenvalue weighted by molar-refractivity contribution is 0.0697. The molecule has 4 nitrogen and oxygen atoms in total. The molecule has 0 amide bonds. The van der Waals surface area contributed by atoms with Crippen LogP contribution in [-0.2, 0) is 6.42 Å². The Hall–Kier alpha value is -3.37. The third-order valence-electron chi connectivity index (χ3n) is 4.08. The smallest absolute Gasteiger partial charge is 0.336 e. The lowest BCUT2D eigenvalue weighted by Gasteiger charge is -2.12. The van der Waals surface area contributed by atoms with Crippen LogP contribution in [0.4, 0.5) is 0 Å². The minimum Gasteiger partial charge on any atom is -0.478 e. The number of carbonyl (C=O) groups is 1. The fourth-order valence-electron chi connectivity index (χ4n) is 3.06. The SMILES string of the molecule is C=C1c2ccccc2-c2c(C(=O)O)ccc(CC(C#N)C#N)c21. The molecule has 3 rings (SSSR count). The van der Waals surface area contributed by atoms with Crippen molar-refractivity contribution in [2.24, 2.45) is 5.92 Å². The number of aromatic carboxylic acids is 1. The van der Waals surface area contributed by atoms with Crippen molar-refractivity contribution in [2.45, 2.75) is 6.42 Å². The zero-order valence-electron chi connectivity index (χ0n) is 12.2. The van der Waals surface area contributed by atoms with Gasteiger partial charge in [0, 0.05) is 12.0 Å². The van der Waals surface area contributed by atoms with E-state index in [1.807, 2.05) is 36.4 Å². The zero-order chi connectivity index (χ0) is 16.6. The maximum absolute atomic E-state index is 11.6. The van der Waals surface area contributed by atoms with Crippen LogP contribution in [0.25, 0.3) is 16.7 Å². The Labute approximate surface area is 133 Å². The molecule has 0 saturated carbocycles. The summed E-state index contributed by atoms with van der Waals surface area (Å²) in [5.41, 5.74) is 4.81. The van der Waals surface area contributed by atoms with Gasteiger partial charge in [0.25, 0.3) is 0 Å². The molecule has 0 aromatic heterocycles. The number of hydrogen-bond acceptors (Lipinski definition) is 3. The second-order valence-electron chi connectivity index (χ2n) is 5.37. The molecule has 0 fully saturated rings. The molecule has 0 bridgehead atoms. The van der Waals surface area contributed by atoms with Gasteiger partial charge in [0.15, 0.2) is 0 Å². The molecule has 0 radical (unpaired) electrons. The van der Waals surface area contributed by atoms with Crippen molar-refractivity contribution in [3.63, 3.8) is 0 Å². The Morgan fingerprint density at radius 1 is 1.09 bits per heavy atom. The van der Waals surface area contributed by atoms with Gasteiger partial charge in [-0.15, -0.1) is 0 Å². The predicted molar refractivity (Wildman–Crippen MR) is 85.4 cm³/mol. The first-order chi connectivity index (χ1) is 11.1. The van der Waals surface area contributed by atoms with Crippen LogP contribution >= 0.6 is 0 Å². The lowest BCUT2D eigenvalue weighted by Crippen LogP contribution is -2.05. The Morgan fingerprint density at radius 3 is 2.35 bits per heavy atom. The number of carboxylic acid groups (broad SMARTS) is 1. The molecule has 0 aliphatic heterocycles. The molecule has 2 aromatic carbocycles. The van der Waals surface area contributed by atoms with E-state index in [1.165, 1.54) is 6.07 Å². The highest BCUT2D eigenvalue weighted by Gasteiger charge is 2.29. The van der Waals surface area contributed by atoms with Crippen molar-refractivity contribution in [3.8, 4) is 23.3 Å². The largest absolute Gasteiger partial charge is 0.478 e. The summed E-state index contributed by atoms with van der Waals surface area (Å²) < 4.78 is 0. The first-order valence-electron chi connectivity index (χ1n) is 7.06. The highest BCUT2D eigenvalue weighted by atomic mass is 16.4. The number of rotatable bonds is 3. The molecule has 23 heavy (non-hydrogen) atoms. The summed E-state index contributed by atoms with van der Waals surface area (Å²) in [5.74, 6) is -1.78. The van der Waals surface area contributed by atoms with Crippen LogP contribution < -0.4 is 0 Å². The molecule has 1 aliphatic carbocycles. The average Bonchev–Trinajstić information content (AvgIpc) is 2.87. The van der Waals surface area contributed by atoms with Gasteiger partial charge in [-0.2, -0.15) is 10.5 Å². The van der Waals surface area contributed by atoms with Gasteiger partial charge < -0.3 is 5.11 Å². The summed E-state index contributed by atoms with van der Waals surface area (Å²) in [7, 11) is 0. The van der Waals surface area contributed by atoms with Gasteiger partial charge in [-0.3, -0.25) is 0 Å². The summed E-state index contributed by atoms with van der Waals surface area (Å²) in [6.07, 6.45) is 0.252. The van der Waals surface area contributed by atoms with Crippen LogP contribution in [0.5, 0.6) is 0 Å². The van der Waals surface area contributed by atoms with Crippen molar-refractivity contribution >= 4 is 11.5 Å². The van der Waals surface area contributed by atoms with Crippen LogP contribution in [0.15, 0.2) is 43.0 Å². The van der Waals surface area contributed by atoms with E-state index in [0.29, 0.717) is 5.56 Å². The van der Waals surface area contributed by atoms with Gasteiger partial charge in [0.05, 0.1) is 17.7 Å². The van der Waals surface area contributed by atoms with Crippen molar-refractivity contribution in [2.75, 3.05) is 0 Å². The van der Waals surface area contributed by atoms with Gasteiger partial charge in [0.2, 0.25) is 0 Å². The van der Waals surface area contributed by atoms with E-state index in [1.54, 1.807) is 6.07 Å². The van der Waals surface area contributed by atoms with E-state index in [-0.39, 0.29) is 12.0 Å². The highest BCUT2D eigenvalue weighted by molar-refractivity contribution is 6.09. The minimum atomic E-state index is -1.01. The summed E-state index contributed by atoms with van der Waals surface area (Å²) >= 11 is 0. The van der Waals surface area contributed by atoms with Crippen LogP contribution in [0.2, 0.25) is 0 Å². The summed E-state index contributed by atoms with van der Waals surface area (Å²) in [6, 6.07) is 14.6. The number of fused-ring (bicyclic) bond motifs is 3. The van der Waals surface area contributed by atoms with Gasteiger partial charge in [-0.25, -0.2) is 4.79 Å². The molecule has 0 saturated heterocycles. The number of nitrogens with zero attached hydrogens (tertiary/aromatic N) is 2. The third kappa shape index (κ3) is 2.18. The molecule has 110 valence electrons. The van der Waals surface area contributed by atoms with Crippen molar-refractivity contribution in [1.82, 2.24) is 0 Å². The van der Waals surface area contributed by atoms with Crippen molar-refractivity contribution < 1.29 is 9.90 Å². The molecular formula is C19H12N2O2. The fraction of sp³-hybridized carbons (Fsp3) is 0.105. The lowest BCUT2D eigenvalue weighted by atomic mass is 9.90. The molecule has 0 atom stereocenters. The van der Waals surface area contributed by atoms with Gasteiger partial charge in [0.1, 0.15) is 5.92 Å². The Balaban J connectivity index is 2.28. The second-order valence-corrected chi connectivity index (χ2v) is 5.37. The van der Waals surface area contributed by atoms with Gasteiger partial charge in [-0.1, -0.05) is 36.9 Å². The zero-order valence-corrected chi connectivity index (χ0v) is 12.2. The molecular weight excluding hydrogens is 288 g/mol. The second kappa shape index (κ2) is 5.44. The molecule has 1 aliphatic rings. The highest BCUT2D eigenvalue weighted by Crippen LogP contribution is 2.47. The number of benzene rings is 2. The van der Waals surface area contributed by atoms with E-state index in [4.69, 9.17) is 10.5 Å². The summed E-state index contributed by atoms with van der Waals surface area (Å²) in [5, 5.41) is 27.5. The van der Waals surface area contributed by atoms with Crippen LogP contribution in [0.1, 0.15) is 27.0 Å². The minimum absolute atomic E-state index is 0.209. The molecule has 0 spiro atoms. The number of nitriles is 2. The quantitative estimate of drug-likeness (QED) is 0.800. The van der Waals surface area contributed by atoms with Gasteiger partial charge in [-0.05, 0) is 33.9 Å². The molecule has 0 heterocycles. The van der Waals surface area contributed by atoms with E-state index >= 15 is 0 Å². The normalized spacial score (nSPS) is 11.5. The monoisotopic (exact) mass is 300 g/mol. The predicted octanol–water partition coefficient (Wildman–Crippen LogP) is 3.63. The summed E-state index contributed by atoms with van der Waals surface area (Å²) in [4.78, 5) is 11.6. The Morgan fingerprint density at radius 2 is 1.74 bits per heavy atom. The van der Waals surface area contributed by atoms with Crippen LogP contribution in [0, 0.1) is 28.6 Å². The Kier molecular flexibility index (Phi) is 3.44. The molecule has 4 heteroatoms. The fourth-order valence-corrected chi connectivity index (χ4v) is 3.06. The summed E-state index contributed by atoms with van der Waals surface area (Å²) in [6.45, 7) is 4.10. The number of hydrogen-bond donors (Lipinski definition) is 1. The molecule has 0 unspecified atom stereocenters. The Bertz CT molecular complexity index is 915. The number of carboxylic acids is 1. The first-order valence-corrected chi connectivity index (χ1v) is 7.06. The third-order valence-corrected chi connectivity index (χ3v) is 4.08. The van der Waals surface area contributed by atoms with E-state index in [9.17, 15) is 9.90 Å². The van der Waals surface area contributed by atoms with E-state index in [2.05, 4.69) is 6.58 Å². The van der Waals surface area contributed by atoms with Crippen molar-refractivity contribution in [3.05, 3.63) is 65.2 Å². The maximum Gasteiger partial charge on any atom is 0.336 e. The van der Waals surface area contributed by atoms with E-state index < -0.39 is 11.9 Å². The molecule has 2 aromatic rings.